The fourth-order valence-corrected chi connectivity index (χ4v) is 2.10. The van der Waals surface area contributed by atoms with Crippen molar-refractivity contribution >= 4 is 33.5 Å². The van der Waals surface area contributed by atoms with E-state index in [0.29, 0.717) is 32.7 Å². The van der Waals surface area contributed by atoms with Crippen LogP contribution in [0.25, 0.3) is 21.9 Å². The van der Waals surface area contributed by atoms with E-state index in [1.165, 1.54) is 0 Å². The van der Waals surface area contributed by atoms with Gasteiger partial charge in [-0.15, -0.1) is 0 Å². The second kappa shape index (κ2) is 4.03. The van der Waals surface area contributed by atoms with Gasteiger partial charge in [0, 0.05) is 17.2 Å². The Hall–Kier alpha value is -2.00. The smallest absolute Gasteiger partial charge is 0.200 e. The molecule has 2 aromatic carbocycles. The minimum Gasteiger partial charge on any atom is -0.497 e. The Labute approximate surface area is 108 Å². The fraction of sp³-hybridized carbons (Fsp3) is 0.0714. The van der Waals surface area contributed by atoms with E-state index in [1.807, 2.05) is 0 Å². The standard InChI is InChI=1S/C14H9ClO3/c1-17-9-3-5-11-13(7-9)18-12-6-8(15)2-4-10(12)14(11)16/h2-7H,1H3. The topological polar surface area (TPSA) is 39.4 Å². The summed E-state index contributed by atoms with van der Waals surface area (Å²) in [6.45, 7) is 0. The molecule has 3 rings (SSSR count). The van der Waals surface area contributed by atoms with Crippen LogP contribution in [-0.4, -0.2) is 7.11 Å². The Kier molecular flexibility index (Phi) is 2.49. The summed E-state index contributed by atoms with van der Waals surface area (Å²) < 4.78 is 10.8. The van der Waals surface area contributed by atoms with Crippen LogP contribution in [0.2, 0.25) is 5.02 Å². The molecule has 0 aliphatic heterocycles. The Morgan fingerprint density at radius 3 is 2.44 bits per heavy atom. The lowest BCUT2D eigenvalue weighted by Gasteiger charge is -2.03. The Morgan fingerprint density at radius 1 is 1.06 bits per heavy atom. The lowest BCUT2D eigenvalue weighted by atomic mass is 10.1. The van der Waals surface area contributed by atoms with Crippen LogP contribution in [0.1, 0.15) is 0 Å². The van der Waals surface area contributed by atoms with Crippen molar-refractivity contribution < 1.29 is 9.15 Å². The molecule has 0 spiro atoms. The van der Waals surface area contributed by atoms with Gasteiger partial charge in [0.25, 0.3) is 0 Å². The molecule has 0 aliphatic carbocycles. The molecule has 0 saturated carbocycles. The van der Waals surface area contributed by atoms with Gasteiger partial charge in [0.05, 0.1) is 17.9 Å². The van der Waals surface area contributed by atoms with Gasteiger partial charge < -0.3 is 9.15 Å². The van der Waals surface area contributed by atoms with Gasteiger partial charge in [0.1, 0.15) is 16.9 Å². The van der Waals surface area contributed by atoms with Gasteiger partial charge in [0.15, 0.2) is 0 Å². The van der Waals surface area contributed by atoms with Crippen LogP contribution in [0.15, 0.2) is 45.6 Å². The molecular weight excluding hydrogens is 252 g/mol. The monoisotopic (exact) mass is 260 g/mol. The van der Waals surface area contributed by atoms with Crippen molar-refractivity contribution in [3.05, 3.63) is 51.6 Å². The molecular formula is C14H9ClO3. The summed E-state index contributed by atoms with van der Waals surface area (Å²) in [5.74, 6) is 0.645. The van der Waals surface area contributed by atoms with Crippen LogP contribution in [0, 0.1) is 0 Å². The Morgan fingerprint density at radius 2 is 1.72 bits per heavy atom. The quantitative estimate of drug-likeness (QED) is 0.628. The van der Waals surface area contributed by atoms with E-state index < -0.39 is 0 Å². The third kappa shape index (κ3) is 1.64. The Bertz CT molecular complexity index is 805. The van der Waals surface area contributed by atoms with E-state index in [-0.39, 0.29) is 5.43 Å². The zero-order chi connectivity index (χ0) is 12.7. The molecule has 90 valence electrons. The molecule has 0 saturated heterocycles. The minimum atomic E-state index is -0.0643. The second-order valence-electron chi connectivity index (χ2n) is 3.93. The largest absolute Gasteiger partial charge is 0.497 e. The highest BCUT2D eigenvalue weighted by Crippen LogP contribution is 2.24. The van der Waals surface area contributed by atoms with Crippen molar-refractivity contribution in [2.75, 3.05) is 7.11 Å². The number of halogens is 1. The van der Waals surface area contributed by atoms with Crippen LogP contribution in [0.3, 0.4) is 0 Å². The molecule has 0 radical (unpaired) electrons. The highest BCUT2D eigenvalue weighted by molar-refractivity contribution is 6.31. The third-order valence-electron chi connectivity index (χ3n) is 2.84. The summed E-state index contributed by atoms with van der Waals surface area (Å²) in [5.41, 5.74) is 0.910. The molecule has 0 bridgehead atoms. The molecule has 3 aromatic rings. The van der Waals surface area contributed by atoms with E-state index >= 15 is 0 Å². The van der Waals surface area contributed by atoms with Gasteiger partial charge >= 0.3 is 0 Å². The summed E-state index contributed by atoms with van der Waals surface area (Å²) >= 11 is 5.89. The third-order valence-corrected chi connectivity index (χ3v) is 3.08. The lowest BCUT2D eigenvalue weighted by Crippen LogP contribution is -2.01. The van der Waals surface area contributed by atoms with Crippen molar-refractivity contribution in [3.63, 3.8) is 0 Å². The van der Waals surface area contributed by atoms with Gasteiger partial charge in [-0.2, -0.15) is 0 Å². The van der Waals surface area contributed by atoms with E-state index in [4.69, 9.17) is 20.8 Å². The number of ether oxygens (including phenoxy) is 1. The van der Waals surface area contributed by atoms with Crippen LogP contribution in [0.5, 0.6) is 5.75 Å². The SMILES string of the molecule is COc1ccc2c(=O)c3ccc(Cl)cc3oc2c1. The molecule has 3 nitrogen and oxygen atoms in total. The number of methoxy groups -OCH3 is 1. The number of rotatable bonds is 1. The molecule has 0 fully saturated rings. The summed E-state index contributed by atoms with van der Waals surface area (Å²) in [4.78, 5) is 12.3. The van der Waals surface area contributed by atoms with E-state index in [1.54, 1.807) is 43.5 Å². The maximum absolute atomic E-state index is 12.3. The number of fused-ring (bicyclic) bond motifs is 2. The number of hydrogen-bond acceptors (Lipinski definition) is 3. The summed E-state index contributed by atoms with van der Waals surface area (Å²) in [5, 5.41) is 1.59. The predicted molar refractivity (Wildman–Crippen MR) is 71.6 cm³/mol. The van der Waals surface area contributed by atoms with Crippen molar-refractivity contribution in [2.45, 2.75) is 0 Å². The zero-order valence-corrected chi connectivity index (χ0v) is 10.3. The summed E-state index contributed by atoms with van der Waals surface area (Å²) in [6, 6.07) is 10.1. The summed E-state index contributed by atoms with van der Waals surface area (Å²) in [6.07, 6.45) is 0. The van der Waals surface area contributed by atoms with Crippen molar-refractivity contribution in [1.82, 2.24) is 0 Å². The molecule has 0 unspecified atom stereocenters. The fourth-order valence-electron chi connectivity index (χ4n) is 1.93. The molecule has 0 amide bonds. The Balaban J connectivity index is 2.48. The first-order valence-electron chi connectivity index (χ1n) is 5.39. The highest BCUT2D eigenvalue weighted by atomic mass is 35.5. The maximum atomic E-state index is 12.3. The first kappa shape index (κ1) is 11.1. The molecule has 1 heterocycles. The predicted octanol–water partition coefficient (Wildman–Crippen LogP) is 3.61. The van der Waals surface area contributed by atoms with Crippen LogP contribution in [-0.2, 0) is 0 Å². The summed E-state index contributed by atoms with van der Waals surface area (Å²) in [7, 11) is 1.57. The van der Waals surface area contributed by atoms with Gasteiger partial charge in [-0.3, -0.25) is 4.79 Å². The molecule has 0 N–H and O–H groups in total. The highest BCUT2D eigenvalue weighted by Gasteiger charge is 2.08. The molecule has 1 aromatic heterocycles. The van der Waals surface area contributed by atoms with Gasteiger partial charge in [-0.05, 0) is 24.3 Å². The maximum Gasteiger partial charge on any atom is 0.200 e. The molecule has 0 aliphatic rings. The van der Waals surface area contributed by atoms with Crippen molar-refractivity contribution in [3.8, 4) is 5.75 Å². The van der Waals surface area contributed by atoms with E-state index in [9.17, 15) is 4.79 Å². The minimum absolute atomic E-state index is 0.0643. The van der Waals surface area contributed by atoms with E-state index in [0.717, 1.165) is 0 Å². The van der Waals surface area contributed by atoms with Crippen LogP contribution < -0.4 is 10.2 Å². The average Bonchev–Trinajstić information content (AvgIpc) is 2.38. The molecule has 4 heteroatoms. The lowest BCUT2D eigenvalue weighted by molar-refractivity contribution is 0.414. The number of benzene rings is 2. The first-order chi connectivity index (χ1) is 8.69. The first-order valence-corrected chi connectivity index (χ1v) is 5.77. The molecule has 0 atom stereocenters. The van der Waals surface area contributed by atoms with Crippen LogP contribution >= 0.6 is 11.6 Å². The van der Waals surface area contributed by atoms with Gasteiger partial charge in [-0.1, -0.05) is 11.6 Å². The molecule has 18 heavy (non-hydrogen) atoms. The van der Waals surface area contributed by atoms with Gasteiger partial charge in [-0.25, -0.2) is 0 Å². The van der Waals surface area contributed by atoms with Gasteiger partial charge in [0.2, 0.25) is 5.43 Å². The second-order valence-corrected chi connectivity index (χ2v) is 4.37. The normalized spacial score (nSPS) is 11.0. The average molecular weight is 261 g/mol. The van der Waals surface area contributed by atoms with Crippen molar-refractivity contribution in [1.29, 1.82) is 0 Å². The van der Waals surface area contributed by atoms with Crippen molar-refractivity contribution in [2.24, 2.45) is 0 Å². The van der Waals surface area contributed by atoms with E-state index in [2.05, 4.69) is 0 Å². The zero-order valence-electron chi connectivity index (χ0n) is 9.57. The van der Waals surface area contributed by atoms with Crippen LogP contribution in [0.4, 0.5) is 0 Å². The number of hydrogen-bond donors (Lipinski definition) is 0.